The second kappa shape index (κ2) is 7.83. The Morgan fingerprint density at radius 1 is 1.04 bits per heavy atom. The molecule has 4 aromatic rings. The highest BCUT2D eigenvalue weighted by molar-refractivity contribution is 7.18. The molecule has 0 radical (unpaired) electrons. The van der Waals surface area contributed by atoms with Crippen molar-refractivity contribution in [3.8, 4) is 10.4 Å². The van der Waals surface area contributed by atoms with Gasteiger partial charge < -0.3 is 11.5 Å². The van der Waals surface area contributed by atoms with Gasteiger partial charge in [0.15, 0.2) is 5.13 Å². The number of nitrogen functional groups attached to an aromatic ring is 1. The van der Waals surface area contributed by atoms with Gasteiger partial charge in [-0.3, -0.25) is 0 Å². The van der Waals surface area contributed by atoms with Crippen LogP contribution in [0.2, 0.25) is 5.02 Å². The number of halogens is 2. The molecule has 28 heavy (non-hydrogen) atoms. The monoisotopic (exact) mass is 412 g/mol. The molecule has 4 rings (SSSR count). The molecule has 0 amide bonds. The van der Waals surface area contributed by atoms with Crippen LogP contribution in [0.3, 0.4) is 0 Å². The van der Waals surface area contributed by atoms with Gasteiger partial charge in [0, 0.05) is 35.1 Å². The molecule has 4 N–H and O–H groups in total. The molecule has 2 aromatic heterocycles. The lowest BCUT2D eigenvalue weighted by Gasteiger charge is -2.12. The van der Waals surface area contributed by atoms with E-state index in [0.717, 1.165) is 32.5 Å². The molecule has 0 saturated heterocycles. The number of fused-ring (bicyclic) bond motifs is 1. The van der Waals surface area contributed by atoms with E-state index in [1.807, 2.05) is 42.5 Å². The van der Waals surface area contributed by atoms with E-state index < -0.39 is 5.95 Å². The molecule has 2 aromatic carbocycles. The predicted octanol–water partition coefficient (Wildman–Crippen LogP) is 4.85. The third-order valence-corrected chi connectivity index (χ3v) is 5.76. The first-order valence-corrected chi connectivity index (χ1v) is 9.98. The van der Waals surface area contributed by atoms with E-state index >= 15 is 0 Å². The van der Waals surface area contributed by atoms with Gasteiger partial charge in [0.2, 0.25) is 5.95 Å². The Morgan fingerprint density at radius 3 is 2.61 bits per heavy atom. The van der Waals surface area contributed by atoms with Crippen molar-refractivity contribution in [2.45, 2.75) is 18.9 Å². The molecule has 0 saturated carbocycles. The lowest BCUT2D eigenvalue weighted by Crippen LogP contribution is -2.25. The number of nitrogens with two attached hydrogens (primary N) is 2. The van der Waals surface area contributed by atoms with Crippen LogP contribution in [0.4, 0.5) is 9.52 Å². The van der Waals surface area contributed by atoms with Crippen molar-refractivity contribution < 1.29 is 4.39 Å². The summed E-state index contributed by atoms with van der Waals surface area (Å²) >= 11 is 7.35. The molecule has 0 bridgehead atoms. The molecule has 142 valence electrons. The maximum absolute atomic E-state index is 13.5. The van der Waals surface area contributed by atoms with E-state index in [0.29, 0.717) is 23.0 Å². The minimum atomic E-state index is -0.501. The number of thiazole rings is 1. The minimum Gasteiger partial charge on any atom is -0.375 e. The largest absolute Gasteiger partial charge is 0.375 e. The predicted molar refractivity (Wildman–Crippen MR) is 114 cm³/mol. The fraction of sp³-hybridized carbons (Fsp3) is 0.143. The molecule has 0 fully saturated rings. The van der Waals surface area contributed by atoms with Crippen LogP contribution >= 0.6 is 22.9 Å². The summed E-state index contributed by atoms with van der Waals surface area (Å²) in [6.07, 6.45) is 2.83. The summed E-state index contributed by atoms with van der Waals surface area (Å²) < 4.78 is 13.5. The fourth-order valence-electron chi connectivity index (χ4n) is 3.23. The summed E-state index contributed by atoms with van der Waals surface area (Å²) in [5.41, 5.74) is 15.3. The van der Waals surface area contributed by atoms with E-state index in [-0.39, 0.29) is 6.04 Å². The second-order valence-corrected chi connectivity index (χ2v) is 8.16. The molecule has 0 unspecified atom stereocenters. The van der Waals surface area contributed by atoms with Gasteiger partial charge in [-0.1, -0.05) is 47.2 Å². The van der Waals surface area contributed by atoms with E-state index in [1.54, 1.807) is 0 Å². The van der Waals surface area contributed by atoms with Crippen LogP contribution in [-0.2, 0) is 12.8 Å². The molecule has 0 aliphatic rings. The minimum absolute atomic E-state index is 0.108. The summed E-state index contributed by atoms with van der Waals surface area (Å²) in [5, 5.41) is 2.86. The number of hydrogen-bond acceptors (Lipinski definition) is 5. The molecule has 4 nitrogen and oxygen atoms in total. The van der Waals surface area contributed by atoms with Gasteiger partial charge in [-0.25, -0.2) is 9.97 Å². The normalized spacial score (nSPS) is 12.4. The number of hydrogen-bond donors (Lipinski definition) is 2. The fourth-order valence-corrected chi connectivity index (χ4v) is 4.22. The highest BCUT2D eigenvalue weighted by Gasteiger charge is 2.16. The lowest BCUT2D eigenvalue weighted by molar-refractivity contribution is 0.586. The summed E-state index contributed by atoms with van der Waals surface area (Å²) in [6.45, 7) is 0. The molecular weight excluding hydrogens is 395 g/mol. The quantitative estimate of drug-likeness (QED) is 0.459. The van der Waals surface area contributed by atoms with Crippen molar-refractivity contribution >= 4 is 38.8 Å². The van der Waals surface area contributed by atoms with Crippen molar-refractivity contribution in [2.75, 3.05) is 5.73 Å². The standard InChI is InChI=1S/C21H18ClFN4S/c22-16-5-1-12(2-6-16)7-17(24)10-18-20(28-21(25)27-18)13-3-4-14-11-26-19(23)9-15(14)8-13/h1-6,8-9,11,17H,7,10,24H2,(H2,25,27)/t17-/m0/s1. The van der Waals surface area contributed by atoms with Crippen LogP contribution in [0.15, 0.2) is 54.7 Å². The van der Waals surface area contributed by atoms with E-state index in [1.165, 1.54) is 23.6 Å². The summed E-state index contributed by atoms with van der Waals surface area (Å²) in [7, 11) is 0. The number of benzene rings is 2. The van der Waals surface area contributed by atoms with Gasteiger partial charge in [0.25, 0.3) is 0 Å². The highest BCUT2D eigenvalue weighted by atomic mass is 35.5. The topological polar surface area (TPSA) is 77.8 Å². The third-order valence-electron chi connectivity index (χ3n) is 4.53. The van der Waals surface area contributed by atoms with Crippen molar-refractivity contribution in [2.24, 2.45) is 5.73 Å². The lowest BCUT2D eigenvalue weighted by atomic mass is 10.0. The zero-order valence-electron chi connectivity index (χ0n) is 14.9. The Hall–Kier alpha value is -2.54. The SMILES string of the molecule is Nc1nc(C[C@@H](N)Cc2ccc(Cl)cc2)c(-c2ccc3cnc(F)cc3c2)s1. The van der Waals surface area contributed by atoms with Gasteiger partial charge in [0.05, 0.1) is 10.6 Å². The molecular formula is C21H18ClFN4S. The zero-order valence-corrected chi connectivity index (χ0v) is 16.5. The third kappa shape index (κ3) is 4.14. The van der Waals surface area contributed by atoms with Crippen molar-refractivity contribution in [1.82, 2.24) is 9.97 Å². The maximum atomic E-state index is 13.5. The number of pyridine rings is 1. The number of anilines is 1. The van der Waals surface area contributed by atoms with E-state index in [2.05, 4.69) is 9.97 Å². The van der Waals surface area contributed by atoms with Gasteiger partial charge in [-0.15, -0.1) is 0 Å². The highest BCUT2D eigenvalue weighted by Crippen LogP contribution is 2.34. The zero-order chi connectivity index (χ0) is 19.7. The number of rotatable bonds is 5. The van der Waals surface area contributed by atoms with Crippen LogP contribution in [0.25, 0.3) is 21.2 Å². The van der Waals surface area contributed by atoms with Crippen molar-refractivity contribution in [1.29, 1.82) is 0 Å². The average Bonchev–Trinajstić information content (AvgIpc) is 3.03. The van der Waals surface area contributed by atoms with Gasteiger partial charge >= 0.3 is 0 Å². The summed E-state index contributed by atoms with van der Waals surface area (Å²) in [4.78, 5) is 9.15. The van der Waals surface area contributed by atoms with Gasteiger partial charge in [-0.2, -0.15) is 4.39 Å². The molecule has 7 heteroatoms. The second-order valence-electron chi connectivity index (χ2n) is 6.69. The first-order chi connectivity index (χ1) is 13.5. The number of aromatic nitrogens is 2. The molecule has 2 heterocycles. The molecule has 0 spiro atoms. The smallest absolute Gasteiger partial charge is 0.213 e. The Bertz CT molecular complexity index is 1130. The Kier molecular flexibility index (Phi) is 5.26. The Balaban J connectivity index is 1.60. The van der Waals surface area contributed by atoms with Crippen LogP contribution in [0.1, 0.15) is 11.3 Å². The van der Waals surface area contributed by atoms with Crippen LogP contribution in [0.5, 0.6) is 0 Å². The van der Waals surface area contributed by atoms with E-state index in [4.69, 9.17) is 23.1 Å². The van der Waals surface area contributed by atoms with Crippen molar-refractivity contribution in [3.05, 3.63) is 77.0 Å². The summed E-state index contributed by atoms with van der Waals surface area (Å²) in [5.74, 6) is -0.501. The molecule has 1 atom stereocenters. The van der Waals surface area contributed by atoms with E-state index in [9.17, 15) is 4.39 Å². The molecule has 0 aliphatic heterocycles. The average molecular weight is 413 g/mol. The Morgan fingerprint density at radius 2 is 1.82 bits per heavy atom. The first-order valence-electron chi connectivity index (χ1n) is 8.79. The number of nitrogens with zero attached hydrogens (tertiary/aromatic N) is 2. The molecule has 0 aliphatic carbocycles. The maximum Gasteiger partial charge on any atom is 0.213 e. The van der Waals surface area contributed by atoms with Gasteiger partial charge in [-0.05, 0) is 41.1 Å². The Labute approximate surface area is 171 Å². The van der Waals surface area contributed by atoms with Crippen LogP contribution in [-0.4, -0.2) is 16.0 Å². The van der Waals surface area contributed by atoms with Crippen LogP contribution in [0, 0.1) is 5.95 Å². The van der Waals surface area contributed by atoms with Crippen LogP contribution < -0.4 is 11.5 Å². The van der Waals surface area contributed by atoms with Gasteiger partial charge in [0.1, 0.15) is 0 Å². The first kappa shape index (κ1) is 18.8. The summed E-state index contributed by atoms with van der Waals surface area (Å²) in [6, 6.07) is 14.8. The van der Waals surface area contributed by atoms with Crippen molar-refractivity contribution in [3.63, 3.8) is 0 Å².